The standard InChI is InChI=1S/C38H47N5O10/c39-26(18-24-13-15-25(16-14-24)52-38-33(47)32(46)31(45)30(21-44)53-38)37(51)43-17-7-12-29(43)36(50)42-28(20-23-10-5-2-6-11-23)35(49)41-27(34(40)48)19-22-8-3-1-4-9-22/h1-6,8-11,13-16,26-33,38,44-47H,7,12,17-21,39H2,(H2,40,48)(H,41,49)(H,42,50)/t26-,27-,28-,29-,30?,31+,32?,33?,38+/m0/s1. The van der Waals surface area contributed by atoms with Crippen LogP contribution in [0.1, 0.15) is 29.5 Å². The van der Waals surface area contributed by atoms with Crippen LogP contribution in [0, 0.1) is 0 Å². The van der Waals surface area contributed by atoms with Gasteiger partial charge in [0.25, 0.3) is 0 Å². The van der Waals surface area contributed by atoms with Gasteiger partial charge in [0.2, 0.25) is 29.9 Å². The number of nitrogens with two attached hydrogens (primary N) is 2. The maximum absolute atomic E-state index is 13.8. The number of aliphatic hydroxyl groups excluding tert-OH is 4. The molecule has 4 amide bonds. The van der Waals surface area contributed by atoms with Gasteiger partial charge in [-0.3, -0.25) is 19.2 Å². The number of likely N-dealkylation sites (tertiary alicyclic amines) is 1. The number of amides is 4. The minimum Gasteiger partial charge on any atom is -0.462 e. The molecular weight excluding hydrogens is 686 g/mol. The van der Waals surface area contributed by atoms with Crippen LogP contribution in [0.4, 0.5) is 0 Å². The Morgan fingerprint density at radius 1 is 0.792 bits per heavy atom. The van der Waals surface area contributed by atoms with Crippen LogP contribution in [0.5, 0.6) is 5.75 Å². The topological polar surface area (TPSA) is 247 Å². The largest absolute Gasteiger partial charge is 0.462 e. The van der Waals surface area contributed by atoms with Gasteiger partial charge in [0.1, 0.15) is 48.3 Å². The normalized spacial score (nSPS) is 24.4. The van der Waals surface area contributed by atoms with Gasteiger partial charge < -0.3 is 56.9 Å². The monoisotopic (exact) mass is 733 g/mol. The Morgan fingerprint density at radius 2 is 1.38 bits per heavy atom. The fourth-order valence-corrected chi connectivity index (χ4v) is 6.53. The average Bonchev–Trinajstić information content (AvgIpc) is 3.66. The first-order chi connectivity index (χ1) is 25.4. The second-order valence-corrected chi connectivity index (χ2v) is 13.4. The number of ether oxygens (including phenoxy) is 2. The Kier molecular flexibility index (Phi) is 13.5. The van der Waals surface area contributed by atoms with E-state index < -0.39 is 85.1 Å². The summed E-state index contributed by atoms with van der Waals surface area (Å²) in [6, 6.07) is 20.7. The predicted octanol–water partition coefficient (Wildman–Crippen LogP) is -1.33. The highest BCUT2D eigenvalue weighted by Gasteiger charge is 2.45. The number of hydrogen-bond acceptors (Lipinski definition) is 11. The molecule has 2 heterocycles. The lowest BCUT2D eigenvalue weighted by Gasteiger charge is -2.39. The van der Waals surface area contributed by atoms with Crippen LogP contribution >= 0.6 is 0 Å². The molecule has 0 aliphatic carbocycles. The Hall–Kier alpha value is -4.90. The Balaban J connectivity index is 1.21. The molecule has 2 aliphatic heterocycles. The van der Waals surface area contributed by atoms with E-state index in [0.717, 1.165) is 11.1 Å². The molecule has 15 nitrogen and oxygen atoms in total. The molecule has 15 heteroatoms. The first kappa shape index (κ1) is 39.3. The molecule has 0 spiro atoms. The predicted molar refractivity (Wildman–Crippen MR) is 191 cm³/mol. The van der Waals surface area contributed by atoms with Crippen molar-refractivity contribution in [2.45, 2.75) is 87.0 Å². The highest BCUT2D eigenvalue weighted by atomic mass is 16.7. The summed E-state index contributed by atoms with van der Waals surface area (Å²) < 4.78 is 11.0. The van der Waals surface area contributed by atoms with E-state index in [-0.39, 0.29) is 25.0 Å². The van der Waals surface area contributed by atoms with Gasteiger partial charge in [-0.1, -0.05) is 72.8 Å². The zero-order chi connectivity index (χ0) is 38.1. The Bertz CT molecular complexity index is 1680. The van der Waals surface area contributed by atoms with Crippen LogP contribution in [0.25, 0.3) is 0 Å². The quantitative estimate of drug-likeness (QED) is 0.0909. The van der Waals surface area contributed by atoms with Crippen LogP contribution < -0.4 is 26.8 Å². The van der Waals surface area contributed by atoms with Crippen molar-refractivity contribution in [3.05, 3.63) is 102 Å². The smallest absolute Gasteiger partial charge is 0.243 e. The molecule has 2 aliphatic rings. The van der Waals surface area contributed by atoms with Gasteiger partial charge in [-0.2, -0.15) is 0 Å². The number of nitrogens with zero attached hydrogens (tertiary/aromatic N) is 1. The molecule has 0 saturated carbocycles. The lowest BCUT2D eigenvalue weighted by Crippen LogP contribution is -2.60. The third-order valence-corrected chi connectivity index (χ3v) is 9.49. The number of nitrogens with one attached hydrogen (secondary N) is 2. The summed E-state index contributed by atoms with van der Waals surface area (Å²) in [5.41, 5.74) is 14.3. The van der Waals surface area contributed by atoms with Crippen molar-refractivity contribution in [3.63, 3.8) is 0 Å². The average molecular weight is 734 g/mol. The van der Waals surface area contributed by atoms with Crippen molar-refractivity contribution in [2.24, 2.45) is 11.5 Å². The third-order valence-electron chi connectivity index (χ3n) is 9.49. The summed E-state index contributed by atoms with van der Waals surface area (Å²) in [6.07, 6.45) is -5.80. The fourth-order valence-electron chi connectivity index (χ4n) is 6.53. The van der Waals surface area contributed by atoms with Crippen molar-refractivity contribution < 1.29 is 49.1 Å². The maximum atomic E-state index is 13.8. The zero-order valence-corrected chi connectivity index (χ0v) is 29.1. The third kappa shape index (κ3) is 10.2. The van der Waals surface area contributed by atoms with Gasteiger partial charge in [0.05, 0.1) is 12.6 Å². The van der Waals surface area contributed by atoms with Crippen LogP contribution in [0.3, 0.4) is 0 Å². The van der Waals surface area contributed by atoms with E-state index in [4.69, 9.17) is 20.9 Å². The summed E-state index contributed by atoms with van der Waals surface area (Å²) in [5, 5.41) is 45.2. The van der Waals surface area contributed by atoms with Crippen LogP contribution in [-0.2, 0) is 43.2 Å². The fraction of sp³-hybridized carbons (Fsp3) is 0.421. The molecule has 3 aromatic carbocycles. The van der Waals surface area contributed by atoms with Gasteiger partial charge in [0, 0.05) is 19.4 Å². The molecule has 0 bridgehead atoms. The summed E-state index contributed by atoms with van der Waals surface area (Å²) in [4.78, 5) is 54.8. The molecular formula is C38H47N5O10. The number of aliphatic hydroxyl groups is 4. The second-order valence-electron chi connectivity index (χ2n) is 13.4. The minimum atomic E-state index is -1.59. The second kappa shape index (κ2) is 18.2. The van der Waals surface area contributed by atoms with Crippen molar-refractivity contribution in [3.8, 4) is 5.75 Å². The number of primary amides is 1. The van der Waals surface area contributed by atoms with Gasteiger partial charge in [0.15, 0.2) is 0 Å². The van der Waals surface area contributed by atoms with E-state index in [1.54, 1.807) is 24.3 Å². The first-order valence-corrected chi connectivity index (χ1v) is 17.5. The van der Waals surface area contributed by atoms with Crippen molar-refractivity contribution >= 4 is 23.6 Å². The lowest BCUT2D eigenvalue weighted by molar-refractivity contribution is -0.277. The zero-order valence-electron chi connectivity index (χ0n) is 29.1. The minimum absolute atomic E-state index is 0.124. The van der Waals surface area contributed by atoms with E-state index >= 15 is 0 Å². The number of hydrogen-bond donors (Lipinski definition) is 8. The highest BCUT2D eigenvalue weighted by molar-refractivity contribution is 5.95. The molecule has 10 N–H and O–H groups in total. The number of carbonyl (C=O) groups excluding carboxylic acids is 4. The number of carbonyl (C=O) groups is 4. The lowest BCUT2D eigenvalue weighted by atomic mass is 9.99. The molecule has 9 atom stereocenters. The molecule has 2 fully saturated rings. The molecule has 3 unspecified atom stereocenters. The van der Waals surface area contributed by atoms with Gasteiger partial charge in [-0.15, -0.1) is 0 Å². The summed E-state index contributed by atoms with van der Waals surface area (Å²) in [6.45, 7) is -0.293. The van der Waals surface area contributed by atoms with Crippen molar-refractivity contribution in [2.75, 3.05) is 13.2 Å². The first-order valence-electron chi connectivity index (χ1n) is 17.5. The van der Waals surface area contributed by atoms with Crippen LogP contribution in [-0.4, -0.2) is 117 Å². The maximum Gasteiger partial charge on any atom is 0.243 e. The van der Waals surface area contributed by atoms with Gasteiger partial charge >= 0.3 is 0 Å². The molecule has 0 radical (unpaired) electrons. The molecule has 0 aromatic heterocycles. The van der Waals surface area contributed by atoms with E-state index in [2.05, 4.69) is 10.6 Å². The SMILES string of the molecule is NC(=O)[C@H](Cc1ccccc1)NC(=O)[C@H](Cc1ccccc1)NC(=O)[C@@H]1CCCN1C(=O)[C@@H](N)Cc1ccc(O[C@@H]2OC(CO)[C@@H](O)C(O)C2O)cc1. The summed E-state index contributed by atoms with van der Waals surface area (Å²) >= 11 is 0. The molecule has 5 rings (SSSR count). The van der Waals surface area contributed by atoms with E-state index in [0.29, 0.717) is 24.9 Å². The molecule has 53 heavy (non-hydrogen) atoms. The summed E-state index contributed by atoms with van der Waals surface area (Å²) in [5.74, 6) is -2.01. The number of benzene rings is 3. The number of rotatable bonds is 15. The van der Waals surface area contributed by atoms with Crippen LogP contribution in [0.15, 0.2) is 84.9 Å². The Morgan fingerprint density at radius 3 is 1.96 bits per heavy atom. The van der Waals surface area contributed by atoms with E-state index in [1.165, 1.54) is 4.90 Å². The van der Waals surface area contributed by atoms with Gasteiger partial charge in [-0.05, 0) is 48.1 Å². The highest BCUT2D eigenvalue weighted by Crippen LogP contribution is 2.25. The molecule has 2 saturated heterocycles. The van der Waals surface area contributed by atoms with E-state index in [1.807, 2.05) is 60.7 Å². The van der Waals surface area contributed by atoms with Gasteiger partial charge in [-0.25, -0.2) is 0 Å². The van der Waals surface area contributed by atoms with Crippen molar-refractivity contribution in [1.29, 1.82) is 0 Å². The Labute approximate surface area is 306 Å². The van der Waals surface area contributed by atoms with Crippen molar-refractivity contribution in [1.82, 2.24) is 15.5 Å². The van der Waals surface area contributed by atoms with Crippen LogP contribution in [0.2, 0.25) is 0 Å². The molecule has 284 valence electrons. The molecule has 3 aromatic rings. The van der Waals surface area contributed by atoms with E-state index in [9.17, 15) is 39.6 Å². The summed E-state index contributed by atoms with van der Waals surface area (Å²) in [7, 11) is 0.